The van der Waals surface area contributed by atoms with Crippen LogP contribution >= 0.6 is 0 Å². The highest BCUT2D eigenvalue weighted by molar-refractivity contribution is 7.13. The molecule has 2 fully saturated rings. The Labute approximate surface area is 143 Å². The fraction of sp³-hybridized carbons (Fsp3) is 0.182. The molecule has 2 heteroatoms. The molecule has 3 aromatic carbocycles. The van der Waals surface area contributed by atoms with Crippen molar-refractivity contribution in [3.63, 3.8) is 0 Å². The Bertz CT molecular complexity index is 744. The summed E-state index contributed by atoms with van der Waals surface area (Å²) in [5.74, 6) is 0. The van der Waals surface area contributed by atoms with Gasteiger partial charge in [-0.25, -0.2) is 0 Å². The lowest BCUT2D eigenvalue weighted by molar-refractivity contribution is 0.398. The maximum absolute atomic E-state index is 5.92. The van der Waals surface area contributed by atoms with Crippen LogP contribution in [-0.4, -0.2) is 20.3 Å². The molecule has 0 radical (unpaired) electrons. The molecule has 0 aromatic heterocycles. The standard InChI is InChI=1S/C22H20OSi/c1-4-10-18(11-5-1)24(19-12-6-2-7-13-19,20-14-8-3-9-15-20)21-16-22(21)17-23-22/h1-15,21H,16-17H2/t21-,22+/m1/s1. The molecule has 1 saturated carbocycles. The zero-order valence-corrected chi connectivity index (χ0v) is 14.6. The molecule has 118 valence electrons. The minimum absolute atomic E-state index is 0.174. The largest absolute Gasteiger partial charge is 0.370 e. The van der Waals surface area contributed by atoms with Gasteiger partial charge in [0.15, 0.2) is 8.07 Å². The minimum atomic E-state index is -2.09. The van der Waals surface area contributed by atoms with E-state index < -0.39 is 8.07 Å². The molecule has 0 unspecified atom stereocenters. The van der Waals surface area contributed by atoms with Gasteiger partial charge in [0.25, 0.3) is 0 Å². The van der Waals surface area contributed by atoms with Crippen molar-refractivity contribution in [3.8, 4) is 0 Å². The second-order valence-corrected chi connectivity index (χ2v) is 11.1. The first-order valence-electron chi connectivity index (χ1n) is 8.67. The predicted octanol–water partition coefficient (Wildman–Crippen LogP) is 2.70. The first-order chi connectivity index (χ1) is 11.9. The van der Waals surface area contributed by atoms with Crippen molar-refractivity contribution in [3.05, 3.63) is 91.0 Å². The zero-order chi connectivity index (χ0) is 16.0. The van der Waals surface area contributed by atoms with Crippen LogP contribution in [0.2, 0.25) is 5.54 Å². The van der Waals surface area contributed by atoms with Gasteiger partial charge in [0.2, 0.25) is 0 Å². The molecule has 0 bridgehead atoms. The summed E-state index contributed by atoms with van der Waals surface area (Å²) in [6.45, 7) is 0.943. The summed E-state index contributed by atoms with van der Waals surface area (Å²) >= 11 is 0. The monoisotopic (exact) mass is 328 g/mol. The minimum Gasteiger partial charge on any atom is -0.370 e. The average Bonchev–Trinajstić information content (AvgIpc) is 3.59. The van der Waals surface area contributed by atoms with Gasteiger partial charge in [0, 0.05) is 5.54 Å². The van der Waals surface area contributed by atoms with Crippen LogP contribution in [0.4, 0.5) is 0 Å². The van der Waals surface area contributed by atoms with E-state index in [1.54, 1.807) is 0 Å². The fourth-order valence-corrected chi connectivity index (χ4v) is 10.4. The van der Waals surface area contributed by atoms with E-state index in [0.29, 0.717) is 5.54 Å². The Morgan fingerprint density at radius 3 is 1.33 bits per heavy atom. The van der Waals surface area contributed by atoms with Crippen LogP contribution in [0, 0.1) is 0 Å². The van der Waals surface area contributed by atoms with E-state index in [9.17, 15) is 0 Å². The van der Waals surface area contributed by atoms with Crippen molar-refractivity contribution in [1.82, 2.24) is 0 Å². The van der Waals surface area contributed by atoms with E-state index in [1.807, 2.05) is 0 Å². The highest BCUT2D eigenvalue weighted by atomic mass is 28.3. The van der Waals surface area contributed by atoms with Crippen molar-refractivity contribution in [2.45, 2.75) is 17.6 Å². The van der Waals surface area contributed by atoms with Crippen LogP contribution < -0.4 is 15.6 Å². The second kappa shape index (κ2) is 5.17. The SMILES string of the molecule is c1ccc([Si](c2ccccc2)(c2ccccc2)[C@@H]2C[C@]23CO3)cc1. The fourth-order valence-electron chi connectivity index (χ4n) is 4.45. The van der Waals surface area contributed by atoms with Gasteiger partial charge in [-0.05, 0) is 22.0 Å². The van der Waals surface area contributed by atoms with Crippen LogP contribution in [0.3, 0.4) is 0 Å². The third kappa shape index (κ3) is 1.97. The van der Waals surface area contributed by atoms with E-state index in [1.165, 1.54) is 22.0 Å². The molecular weight excluding hydrogens is 308 g/mol. The summed E-state index contributed by atoms with van der Waals surface area (Å²) in [4.78, 5) is 0. The number of rotatable bonds is 4. The van der Waals surface area contributed by atoms with Gasteiger partial charge in [-0.3, -0.25) is 0 Å². The molecule has 5 rings (SSSR count). The molecule has 1 aliphatic carbocycles. The number of hydrogen-bond acceptors (Lipinski definition) is 1. The molecule has 3 aromatic rings. The van der Waals surface area contributed by atoms with Crippen LogP contribution in [-0.2, 0) is 4.74 Å². The molecule has 1 nitrogen and oxygen atoms in total. The Morgan fingerprint density at radius 2 is 1.04 bits per heavy atom. The quantitative estimate of drug-likeness (QED) is 0.408. The van der Waals surface area contributed by atoms with E-state index >= 15 is 0 Å². The highest BCUT2D eigenvalue weighted by Crippen LogP contribution is 2.65. The zero-order valence-electron chi connectivity index (χ0n) is 13.6. The topological polar surface area (TPSA) is 12.5 Å². The molecule has 1 heterocycles. The normalized spacial score (nSPS) is 24.8. The van der Waals surface area contributed by atoms with Gasteiger partial charge in [0.05, 0.1) is 12.2 Å². The van der Waals surface area contributed by atoms with Crippen LogP contribution in [0.1, 0.15) is 6.42 Å². The van der Waals surface area contributed by atoms with Crippen LogP contribution in [0.15, 0.2) is 91.0 Å². The molecule has 24 heavy (non-hydrogen) atoms. The summed E-state index contributed by atoms with van der Waals surface area (Å²) in [6, 6.07) is 33.5. The molecule has 1 spiro atoms. The third-order valence-electron chi connectivity index (χ3n) is 5.75. The maximum Gasteiger partial charge on any atom is 0.154 e. The third-order valence-corrected chi connectivity index (χ3v) is 11.3. The van der Waals surface area contributed by atoms with E-state index in [0.717, 1.165) is 6.61 Å². The number of hydrogen-bond donors (Lipinski definition) is 0. The van der Waals surface area contributed by atoms with Crippen molar-refractivity contribution in [2.24, 2.45) is 0 Å². The first kappa shape index (κ1) is 14.2. The van der Waals surface area contributed by atoms with Gasteiger partial charge in [-0.2, -0.15) is 0 Å². The van der Waals surface area contributed by atoms with E-state index in [2.05, 4.69) is 91.0 Å². The summed E-state index contributed by atoms with van der Waals surface area (Å²) in [5.41, 5.74) is 0.811. The highest BCUT2D eigenvalue weighted by Gasteiger charge is 2.73. The Kier molecular flexibility index (Phi) is 3.06. The molecule has 2 aliphatic rings. The Hall–Kier alpha value is -2.16. The van der Waals surface area contributed by atoms with Crippen LogP contribution in [0.5, 0.6) is 0 Å². The Morgan fingerprint density at radius 1 is 0.667 bits per heavy atom. The van der Waals surface area contributed by atoms with Crippen molar-refractivity contribution < 1.29 is 4.74 Å². The van der Waals surface area contributed by atoms with Gasteiger partial charge in [-0.1, -0.05) is 91.0 Å². The average molecular weight is 328 g/mol. The number of epoxide rings is 1. The van der Waals surface area contributed by atoms with E-state index in [-0.39, 0.29) is 5.60 Å². The first-order valence-corrected chi connectivity index (χ1v) is 10.7. The van der Waals surface area contributed by atoms with E-state index in [4.69, 9.17) is 4.74 Å². The van der Waals surface area contributed by atoms with Gasteiger partial charge >= 0.3 is 0 Å². The molecule has 1 saturated heterocycles. The number of benzene rings is 3. The Balaban J connectivity index is 1.81. The van der Waals surface area contributed by atoms with Gasteiger partial charge in [0.1, 0.15) is 0 Å². The summed E-state index contributed by atoms with van der Waals surface area (Å²) in [7, 11) is -2.09. The lowest BCUT2D eigenvalue weighted by Crippen LogP contribution is -2.68. The molecule has 0 amide bonds. The van der Waals surface area contributed by atoms with Crippen molar-refractivity contribution in [2.75, 3.05) is 6.61 Å². The van der Waals surface area contributed by atoms with Crippen LogP contribution in [0.25, 0.3) is 0 Å². The number of ether oxygens (including phenoxy) is 1. The summed E-state index contributed by atoms with van der Waals surface area (Å²) < 4.78 is 5.92. The molecule has 2 atom stereocenters. The maximum atomic E-state index is 5.92. The predicted molar refractivity (Wildman–Crippen MR) is 101 cm³/mol. The lowest BCUT2D eigenvalue weighted by Gasteiger charge is -2.34. The van der Waals surface area contributed by atoms with Gasteiger partial charge in [-0.15, -0.1) is 0 Å². The van der Waals surface area contributed by atoms with Crippen molar-refractivity contribution >= 4 is 23.6 Å². The molecule has 0 N–H and O–H groups in total. The second-order valence-electron chi connectivity index (χ2n) is 7.02. The van der Waals surface area contributed by atoms with Crippen molar-refractivity contribution in [1.29, 1.82) is 0 Å². The lowest BCUT2D eigenvalue weighted by atomic mass is 10.3. The molecular formula is C22H20OSi. The summed E-state index contributed by atoms with van der Waals surface area (Å²) in [5, 5.41) is 4.50. The summed E-state index contributed by atoms with van der Waals surface area (Å²) in [6.07, 6.45) is 1.21. The van der Waals surface area contributed by atoms with Gasteiger partial charge < -0.3 is 4.74 Å². The molecule has 1 aliphatic heterocycles. The smallest absolute Gasteiger partial charge is 0.154 e.